The number of ether oxygens (including phenoxy) is 2. The van der Waals surface area contributed by atoms with E-state index in [1.807, 2.05) is 121 Å². The number of benzene rings is 8. The molecule has 0 atom stereocenters. The van der Waals surface area contributed by atoms with Gasteiger partial charge in [0.15, 0.2) is 0 Å². The molecule has 0 aliphatic heterocycles. The lowest BCUT2D eigenvalue weighted by Gasteiger charge is -2.09. The summed E-state index contributed by atoms with van der Waals surface area (Å²) in [5.41, 5.74) is 25.4. The number of anilines is 4. The molecule has 390 valence electrons. The van der Waals surface area contributed by atoms with Crippen molar-refractivity contribution >= 4 is 82.0 Å². The Morgan fingerprint density at radius 3 is 0.756 bits per heavy atom. The van der Waals surface area contributed by atoms with Crippen LogP contribution in [0.5, 0.6) is 0 Å². The number of unbranched alkanes of at least 4 members (excludes halogenated alkanes) is 1. The molecule has 0 spiro atoms. The zero-order valence-electron chi connectivity index (χ0n) is 42.3. The maximum Gasteiger partial charge on any atom is 0.411 e. The Morgan fingerprint density at radius 2 is 0.538 bits per heavy atom. The lowest BCUT2D eigenvalue weighted by Crippen LogP contribution is -2.16. The summed E-state index contributed by atoms with van der Waals surface area (Å²) in [5.74, 6) is 0. The summed E-state index contributed by atoms with van der Waals surface area (Å²) in [5, 5.41) is 5.39. The van der Waals surface area contributed by atoms with Crippen LogP contribution in [0.2, 0.25) is 0 Å². The number of nitrogens with zero attached hydrogens (tertiary/aromatic N) is 4. The standard InChI is InChI=1S/C34H30N4O6.C15H10N2O2.C13H14N2/c39-23-35-29-11-3-25(4-12-29)21-27-7-15-31(16-8-27)37-33(41)43-19-1-2-20-44-34(42)38-32-17-9-28(10-18-32)22-26-5-13-30(14-6-26)36-24-40;18-10-16-14-5-1-12(2-6-14)9-13-3-7-15(8-4-13)17-11-19;14-12-5-1-10(2-6-12)9-11-3-7-13(15)8-4-11/h3-18H,1-2,19-22H2,(H,37,41)(H,38,42);1-8H,9H2;1-8H,9,14-15H2. The van der Waals surface area contributed by atoms with E-state index < -0.39 is 12.2 Å². The average molecular weight is 1040 g/mol. The molecule has 8 aromatic rings. The van der Waals surface area contributed by atoms with Crippen LogP contribution in [0.25, 0.3) is 0 Å². The summed E-state index contributed by atoms with van der Waals surface area (Å²) in [4.78, 5) is 79.3. The fraction of sp³-hybridized carbons (Fsp3) is 0.129. The Kier molecular flexibility index (Phi) is 22.7. The molecule has 16 nitrogen and oxygen atoms in total. The van der Waals surface area contributed by atoms with Crippen molar-refractivity contribution < 1.29 is 38.2 Å². The van der Waals surface area contributed by atoms with Crippen molar-refractivity contribution in [3.8, 4) is 0 Å². The van der Waals surface area contributed by atoms with E-state index in [9.17, 15) is 28.8 Å². The highest BCUT2D eigenvalue weighted by Crippen LogP contribution is 2.21. The van der Waals surface area contributed by atoms with Gasteiger partial charge in [-0.25, -0.2) is 28.8 Å². The van der Waals surface area contributed by atoms with Gasteiger partial charge in [-0.05, 0) is 180 Å². The maximum atomic E-state index is 12.1. The van der Waals surface area contributed by atoms with Crippen LogP contribution in [0.15, 0.2) is 214 Å². The topological polar surface area (TPSA) is 246 Å². The Morgan fingerprint density at radius 1 is 0.333 bits per heavy atom. The SMILES string of the molecule is Nc1ccc(Cc2ccc(N)cc2)cc1.O=C=Nc1ccc(Cc2ccc(N=C=O)cc2)cc1.O=C=Nc1ccc(Cc2ccc(NC(=O)OCCCCOC(=O)Nc3ccc(Cc4ccc(N=C=O)cc4)cc3)cc2)cc1. The molecule has 0 fully saturated rings. The number of aliphatic imine (C=N–C) groups is 4. The van der Waals surface area contributed by atoms with E-state index in [-0.39, 0.29) is 13.2 Å². The minimum absolute atomic E-state index is 0.188. The molecule has 0 unspecified atom stereocenters. The van der Waals surface area contributed by atoms with E-state index in [0.29, 0.717) is 59.8 Å². The van der Waals surface area contributed by atoms with E-state index in [0.717, 1.165) is 57.6 Å². The minimum Gasteiger partial charge on any atom is -0.449 e. The first-order valence-corrected chi connectivity index (χ1v) is 24.5. The van der Waals surface area contributed by atoms with Crippen LogP contribution in [-0.4, -0.2) is 49.7 Å². The van der Waals surface area contributed by atoms with E-state index in [2.05, 4.69) is 30.6 Å². The molecule has 0 bridgehead atoms. The number of nitrogen functional groups attached to an aromatic ring is 2. The summed E-state index contributed by atoms with van der Waals surface area (Å²) in [6.45, 7) is 0.376. The maximum absolute atomic E-state index is 12.1. The molecule has 8 aromatic carbocycles. The lowest BCUT2D eigenvalue weighted by molar-refractivity contribution is 0.143. The van der Waals surface area contributed by atoms with Gasteiger partial charge in [-0.3, -0.25) is 10.6 Å². The molecular formula is C62H54N8O8. The molecule has 16 heteroatoms. The molecule has 6 N–H and O–H groups in total. The molecule has 0 aromatic heterocycles. The van der Waals surface area contributed by atoms with Gasteiger partial charge >= 0.3 is 12.2 Å². The Balaban J connectivity index is 0.000000234. The number of isocyanates is 4. The van der Waals surface area contributed by atoms with Gasteiger partial charge in [-0.2, -0.15) is 20.0 Å². The van der Waals surface area contributed by atoms with Crippen molar-refractivity contribution in [1.82, 2.24) is 0 Å². The van der Waals surface area contributed by atoms with Crippen LogP contribution in [0.3, 0.4) is 0 Å². The van der Waals surface area contributed by atoms with E-state index in [1.54, 1.807) is 72.8 Å². The predicted octanol–water partition coefficient (Wildman–Crippen LogP) is 13.0. The zero-order valence-corrected chi connectivity index (χ0v) is 42.3. The fourth-order valence-electron chi connectivity index (χ4n) is 7.43. The van der Waals surface area contributed by atoms with Gasteiger partial charge in [-0.1, -0.05) is 97.1 Å². The molecule has 0 aliphatic rings. The van der Waals surface area contributed by atoms with Gasteiger partial charge in [-0.15, -0.1) is 0 Å². The van der Waals surface area contributed by atoms with E-state index >= 15 is 0 Å². The van der Waals surface area contributed by atoms with Crippen LogP contribution in [-0.2, 0) is 54.3 Å². The fourth-order valence-corrected chi connectivity index (χ4v) is 7.43. The van der Waals surface area contributed by atoms with Crippen molar-refractivity contribution in [2.24, 2.45) is 20.0 Å². The van der Waals surface area contributed by atoms with E-state index in [1.165, 1.54) is 35.4 Å². The molecule has 78 heavy (non-hydrogen) atoms. The molecule has 0 saturated carbocycles. The Hall–Kier alpha value is -10.6. The number of amides is 2. The first-order chi connectivity index (χ1) is 38.1. The van der Waals surface area contributed by atoms with Gasteiger partial charge in [0.2, 0.25) is 24.3 Å². The van der Waals surface area contributed by atoms with Gasteiger partial charge in [0.25, 0.3) is 0 Å². The molecule has 2 amide bonds. The number of carbonyl (C=O) groups is 2. The van der Waals surface area contributed by atoms with Crippen LogP contribution in [0.1, 0.15) is 57.3 Å². The molecule has 0 radical (unpaired) electrons. The third-order valence-corrected chi connectivity index (χ3v) is 11.4. The zero-order chi connectivity index (χ0) is 55.2. The van der Waals surface area contributed by atoms with Crippen LogP contribution in [0.4, 0.5) is 55.1 Å². The molecule has 0 heterocycles. The second-order valence-electron chi connectivity index (χ2n) is 17.3. The van der Waals surface area contributed by atoms with Crippen molar-refractivity contribution in [2.45, 2.75) is 38.5 Å². The molecule has 8 rings (SSSR count). The smallest absolute Gasteiger partial charge is 0.411 e. The predicted molar refractivity (Wildman–Crippen MR) is 302 cm³/mol. The molecule has 0 aliphatic carbocycles. The summed E-state index contributed by atoms with van der Waals surface area (Å²) in [6.07, 6.45) is 9.07. The number of carbonyl (C=O) groups excluding carboxylic acids is 6. The largest absolute Gasteiger partial charge is 0.449 e. The summed E-state index contributed by atoms with van der Waals surface area (Å²) < 4.78 is 10.4. The number of nitrogens with two attached hydrogens (primary N) is 2. The second-order valence-corrected chi connectivity index (χ2v) is 17.3. The number of hydrogen-bond acceptors (Lipinski definition) is 14. The van der Waals surface area contributed by atoms with Gasteiger partial charge < -0.3 is 20.9 Å². The highest BCUT2D eigenvalue weighted by molar-refractivity contribution is 5.85. The van der Waals surface area contributed by atoms with Gasteiger partial charge in [0, 0.05) is 22.7 Å². The Bertz CT molecular complexity index is 3140. The minimum atomic E-state index is -0.560. The van der Waals surface area contributed by atoms with Crippen LogP contribution >= 0.6 is 0 Å². The number of hydrogen-bond donors (Lipinski definition) is 4. The highest BCUT2D eigenvalue weighted by Gasteiger charge is 2.07. The summed E-state index contributed by atoms with van der Waals surface area (Å²) >= 11 is 0. The third kappa shape index (κ3) is 20.7. The van der Waals surface area contributed by atoms with Crippen molar-refractivity contribution in [3.63, 3.8) is 0 Å². The highest BCUT2D eigenvalue weighted by atomic mass is 16.6. The number of rotatable bonds is 19. The van der Waals surface area contributed by atoms with Gasteiger partial charge in [0.1, 0.15) is 0 Å². The summed E-state index contributed by atoms with van der Waals surface area (Å²) in [6, 6.07) is 60.1. The Labute approximate surface area is 451 Å². The normalized spacial score (nSPS) is 9.90. The van der Waals surface area contributed by atoms with Crippen molar-refractivity contribution in [2.75, 3.05) is 35.3 Å². The van der Waals surface area contributed by atoms with Crippen LogP contribution in [0, 0.1) is 0 Å². The monoisotopic (exact) mass is 1040 g/mol. The molecule has 0 saturated heterocycles. The third-order valence-electron chi connectivity index (χ3n) is 11.4. The van der Waals surface area contributed by atoms with Gasteiger partial charge in [0.05, 0.1) is 36.0 Å². The van der Waals surface area contributed by atoms with Crippen LogP contribution < -0.4 is 22.1 Å². The van der Waals surface area contributed by atoms with E-state index in [4.69, 9.17) is 20.9 Å². The quantitative estimate of drug-likeness (QED) is 0.0258. The first kappa shape index (κ1) is 56.7. The number of nitrogens with one attached hydrogen (secondary N) is 2. The lowest BCUT2D eigenvalue weighted by atomic mass is 10.0. The summed E-state index contributed by atoms with van der Waals surface area (Å²) in [7, 11) is 0. The first-order valence-electron chi connectivity index (χ1n) is 24.5. The van der Waals surface area contributed by atoms with Crippen molar-refractivity contribution in [3.05, 3.63) is 239 Å². The average Bonchev–Trinajstić information content (AvgIpc) is 3.45. The molecular weight excluding hydrogens is 985 g/mol. The second kappa shape index (κ2) is 31.2. The van der Waals surface area contributed by atoms with Crippen molar-refractivity contribution in [1.29, 1.82) is 0 Å².